The topological polar surface area (TPSA) is 35.5 Å². The molecule has 3 heteroatoms. The summed E-state index contributed by atoms with van der Waals surface area (Å²) >= 11 is 0. The highest BCUT2D eigenvalue weighted by Crippen LogP contribution is 2.65. The van der Waals surface area contributed by atoms with E-state index in [0.29, 0.717) is 11.8 Å². The van der Waals surface area contributed by atoms with Gasteiger partial charge in [0.05, 0.1) is 0 Å². The fourth-order valence-corrected chi connectivity index (χ4v) is 7.32. The van der Waals surface area contributed by atoms with Gasteiger partial charge >= 0.3 is 6.16 Å². The SMILES string of the molecule is CC12CCC(C1)C(C)(C)C2OC(=O)OC1C2(C)CCC(C2)C1(C)C. The number of rotatable bonds is 2. The van der Waals surface area contributed by atoms with Gasteiger partial charge in [-0.1, -0.05) is 41.5 Å². The molecule has 4 bridgehead atoms. The summed E-state index contributed by atoms with van der Waals surface area (Å²) in [5.41, 5.74) is 0.419. The molecule has 4 rings (SSSR count). The van der Waals surface area contributed by atoms with Gasteiger partial charge in [0, 0.05) is 21.7 Å². The second kappa shape index (κ2) is 4.71. The molecule has 4 aliphatic carbocycles. The first-order chi connectivity index (χ1) is 11.0. The number of fused-ring (bicyclic) bond motifs is 4. The molecule has 0 aromatic carbocycles. The van der Waals surface area contributed by atoms with E-state index in [1.54, 1.807) is 0 Å². The van der Waals surface area contributed by atoms with Crippen LogP contribution < -0.4 is 0 Å². The van der Waals surface area contributed by atoms with E-state index in [2.05, 4.69) is 41.5 Å². The highest BCUT2D eigenvalue weighted by atomic mass is 16.7. The second-order valence-electron chi connectivity index (χ2n) is 11.1. The van der Waals surface area contributed by atoms with Gasteiger partial charge in [-0.2, -0.15) is 0 Å². The van der Waals surface area contributed by atoms with Crippen molar-refractivity contribution < 1.29 is 14.3 Å². The molecule has 4 aliphatic rings. The van der Waals surface area contributed by atoms with Crippen LogP contribution in [0.4, 0.5) is 4.79 Å². The molecule has 0 aliphatic heterocycles. The number of carbonyl (C=O) groups is 1. The van der Waals surface area contributed by atoms with Crippen molar-refractivity contribution in [3.63, 3.8) is 0 Å². The standard InChI is InChI=1S/C21H34O3/c1-18(2)13-7-9-20(5,11-13)15(18)23-17(22)24-16-19(3,4)14-8-10-21(16,6)12-14/h13-16H,7-12H2,1-6H3. The first-order valence-electron chi connectivity index (χ1n) is 9.86. The van der Waals surface area contributed by atoms with Gasteiger partial charge in [-0.05, 0) is 50.4 Å². The lowest BCUT2D eigenvalue weighted by molar-refractivity contribution is -0.115. The summed E-state index contributed by atoms with van der Waals surface area (Å²) in [4.78, 5) is 12.7. The minimum atomic E-state index is -0.422. The maximum atomic E-state index is 12.7. The highest BCUT2D eigenvalue weighted by Gasteiger charge is 2.63. The van der Waals surface area contributed by atoms with Gasteiger partial charge in [0.1, 0.15) is 12.2 Å². The van der Waals surface area contributed by atoms with Gasteiger partial charge in [0.25, 0.3) is 0 Å². The molecule has 0 amide bonds. The maximum absolute atomic E-state index is 12.7. The van der Waals surface area contributed by atoms with Gasteiger partial charge in [0.2, 0.25) is 0 Å². The molecule has 6 atom stereocenters. The Bertz CT molecular complexity index is 508. The van der Waals surface area contributed by atoms with Crippen LogP contribution in [0.1, 0.15) is 80.1 Å². The van der Waals surface area contributed by atoms with Gasteiger partial charge in [-0.3, -0.25) is 0 Å². The first kappa shape index (κ1) is 16.7. The Morgan fingerprint density at radius 2 is 1.12 bits per heavy atom. The molecule has 4 saturated carbocycles. The molecule has 136 valence electrons. The van der Waals surface area contributed by atoms with Crippen molar-refractivity contribution in [2.45, 2.75) is 92.3 Å². The van der Waals surface area contributed by atoms with Gasteiger partial charge < -0.3 is 9.47 Å². The van der Waals surface area contributed by atoms with E-state index in [1.165, 1.54) is 38.5 Å². The largest absolute Gasteiger partial charge is 0.508 e. The third kappa shape index (κ3) is 2.05. The molecular weight excluding hydrogens is 300 g/mol. The summed E-state index contributed by atoms with van der Waals surface area (Å²) in [5.74, 6) is 1.36. The van der Waals surface area contributed by atoms with Crippen molar-refractivity contribution in [3.05, 3.63) is 0 Å². The monoisotopic (exact) mass is 334 g/mol. The Labute approximate surface area is 146 Å². The van der Waals surface area contributed by atoms with Crippen LogP contribution in [0.2, 0.25) is 0 Å². The molecule has 3 nitrogen and oxygen atoms in total. The third-order valence-electron chi connectivity index (χ3n) is 8.70. The van der Waals surface area contributed by atoms with Crippen LogP contribution in [0.15, 0.2) is 0 Å². The fourth-order valence-electron chi connectivity index (χ4n) is 7.32. The number of hydrogen-bond acceptors (Lipinski definition) is 3. The predicted octanol–water partition coefficient (Wildman–Crippen LogP) is 5.57. The molecule has 0 spiro atoms. The molecule has 6 unspecified atom stereocenters. The zero-order valence-corrected chi connectivity index (χ0v) is 16.3. The summed E-state index contributed by atoms with van der Waals surface area (Å²) in [6, 6.07) is 0. The molecule has 0 heterocycles. The maximum Gasteiger partial charge on any atom is 0.508 e. The zero-order chi connectivity index (χ0) is 17.5. The zero-order valence-electron chi connectivity index (χ0n) is 16.3. The average Bonchev–Trinajstić information content (AvgIpc) is 3.13. The van der Waals surface area contributed by atoms with E-state index in [1.807, 2.05) is 0 Å². The smallest absolute Gasteiger partial charge is 0.430 e. The Hall–Kier alpha value is -0.730. The summed E-state index contributed by atoms with van der Waals surface area (Å²) in [6.07, 6.45) is 6.83. The van der Waals surface area contributed by atoms with Crippen molar-refractivity contribution in [1.82, 2.24) is 0 Å². The lowest BCUT2D eigenvalue weighted by atomic mass is 9.70. The van der Waals surface area contributed by atoms with Crippen LogP contribution in [0.5, 0.6) is 0 Å². The predicted molar refractivity (Wildman–Crippen MR) is 93.6 cm³/mol. The molecule has 0 aromatic rings. The summed E-state index contributed by atoms with van der Waals surface area (Å²) in [6.45, 7) is 13.7. The number of carbonyl (C=O) groups excluding carboxylic acids is 1. The van der Waals surface area contributed by atoms with Crippen molar-refractivity contribution in [3.8, 4) is 0 Å². The minimum Gasteiger partial charge on any atom is -0.430 e. The van der Waals surface area contributed by atoms with E-state index in [0.717, 1.165) is 0 Å². The second-order valence-corrected chi connectivity index (χ2v) is 11.1. The average molecular weight is 335 g/mol. The Balaban J connectivity index is 1.48. The molecule has 24 heavy (non-hydrogen) atoms. The van der Waals surface area contributed by atoms with Crippen LogP contribution >= 0.6 is 0 Å². The molecule has 0 saturated heterocycles. The molecule has 0 aromatic heterocycles. The molecule has 0 radical (unpaired) electrons. The summed E-state index contributed by atoms with van der Waals surface area (Å²) in [7, 11) is 0. The van der Waals surface area contributed by atoms with Crippen LogP contribution in [0.25, 0.3) is 0 Å². The van der Waals surface area contributed by atoms with Crippen LogP contribution in [0.3, 0.4) is 0 Å². The minimum absolute atomic E-state index is 0.00856. The van der Waals surface area contributed by atoms with E-state index < -0.39 is 6.16 Å². The van der Waals surface area contributed by atoms with Gasteiger partial charge in [-0.25, -0.2) is 4.79 Å². The van der Waals surface area contributed by atoms with Crippen LogP contribution in [-0.4, -0.2) is 18.4 Å². The lowest BCUT2D eigenvalue weighted by Gasteiger charge is -2.44. The highest BCUT2D eigenvalue weighted by molar-refractivity contribution is 5.61. The van der Waals surface area contributed by atoms with Gasteiger partial charge in [-0.15, -0.1) is 0 Å². The van der Waals surface area contributed by atoms with E-state index in [-0.39, 0.29) is 33.9 Å². The van der Waals surface area contributed by atoms with Crippen LogP contribution in [0, 0.1) is 33.5 Å². The van der Waals surface area contributed by atoms with E-state index >= 15 is 0 Å². The van der Waals surface area contributed by atoms with Crippen molar-refractivity contribution in [2.75, 3.05) is 0 Å². The summed E-state index contributed by atoms with van der Waals surface area (Å²) in [5, 5.41) is 0. The Kier molecular flexibility index (Phi) is 3.28. The Morgan fingerprint density at radius 3 is 1.42 bits per heavy atom. The third-order valence-corrected chi connectivity index (χ3v) is 8.70. The van der Waals surface area contributed by atoms with Crippen molar-refractivity contribution in [2.24, 2.45) is 33.5 Å². The van der Waals surface area contributed by atoms with Crippen molar-refractivity contribution >= 4 is 6.16 Å². The molecule has 0 N–H and O–H groups in total. The quantitative estimate of drug-likeness (QED) is 0.619. The summed E-state index contributed by atoms with van der Waals surface area (Å²) < 4.78 is 12.0. The normalized spacial score (nSPS) is 50.2. The molecular formula is C21H34O3. The van der Waals surface area contributed by atoms with Gasteiger partial charge in [0.15, 0.2) is 0 Å². The lowest BCUT2D eigenvalue weighted by Crippen LogP contribution is -2.47. The van der Waals surface area contributed by atoms with Crippen LogP contribution in [-0.2, 0) is 9.47 Å². The molecule has 4 fully saturated rings. The van der Waals surface area contributed by atoms with Crippen molar-refractivity contribution in [1.29, 1.82) is 0 Å². The fraction of sp³-hybridized carbons (Fsp3) is 0.952. The van der Waals surface area contributed by atoms with E-state index in [4.69, 9.17) is 9.47 Å². The first-order valence-corrected chi connectivity index (χ1v) is 9.86. The number of ether oxygens (including phenoxy) is 2. The van der Waals surface area contributed by atoms with E-state index in [9.17, 15) is 4.79 Å². The number of hydrogen-bond donors (Lipinski definition) is 0. The Morgan fingerprint density at radius 1 is 0.750 bits per heavy atom.